The minimum atomic E-state index is -0.316. The second-order valence-electron chi connectivity index (χ2n) is 5.17. The molecule has 6 nitrogen and oxygen atoms in total. The highest BCUT2D eigenvalue weighted by Gasteiger charge is 2.30. The maximum absolute atomic E-state index is 5.94. The van der Waals surface area contributed by atoms with Crippen molar-refractivity contribution in [3.05, 3.63) is 23.5 Å². The van der Waals surface area contributed by atoms with Crippen molar-refractivity contribution in [1.82, 2.24) is 19.6 Å². The summed E-state index contributed by atoms with van der Waals surface area (Å²) < 4.78 is 3.58. The average Bonchev–Trinajstić information content (AvgIpc) is 2.92. The normalized spacial score (nSPS) is 10.9. The summed E-state index contributed by atoms with van der Waals surface area (Å²) in [6, 6.07) is 3.81. The van der Waals surface area contributed by atoms with Crippen LogP contribution in [0.2, 0.25) is 0 Å². The van der Waals surface area contributed by atoms with Gasteiger partial charge in [0, 0.05) is 25.2 Å². The van der Waals surface area contributed by atoms with Crippen molar-refractivity contribution in [2.75, 3.05) is 11.5 Å². The van der Waals surface area contributed by atoms with Crippen LogP contribution >= 0.6 is 24.8 Å². The van der Waals surface area contributed by atoms with Gasteiger partial charge in [0.2, 0.25) is 0 Å². The van der Waals surface area contributed by atoms with Gasteiger partial charge in [-0.2, -0.15) is 10.2 Å². The first kappa shape index (κ1) is 19.6. The summed E-state index contributed by atoms with van der Waals surface area (Å²) in [4.78, 5) is 0. The van der Waals surface area contributed by atoms with Gasteiger partial charge in [0.1, 0.15) is 11.6 Å². The van der Waals surface area contributed by atoms with Crippen LogP contribution in [0.1, 0.15) is 39.1 Å². The summed E-state index contributed by atoms with van der Waals surface area (Å²) in [6.07, 6.45) is 0. The Morgan fingerprint density at radius 2 is 1.24 bits per heavy atom. The fraction of sp³-hybridized carbons (Fsp3) is 0.538. The first-order chi connectivity index (χ1) is 8.90. The third kappa shape index (κ3) is 3.44. The van der Waals surface area contributed by atoms with Crippen LogP contribution in [0.3, 0.4) is 0 Å². The lowest BCUT2D eigenvalue weighted by Gasteiger charge is -2.19. The van der Waals surface area contributed by atoms with E-state index in [-0.39, 0.29) is 30.2 Å². The maximum atomic E-state index is 5.94. The van der Waals surface area contributed by atoms with Crippen LogP contribution in [0, 0.1) is 0 Å². The van der Waals surface area contributed by atoms with Gasteiger partial charge in [-0.05, 0) is 27.7 Å². The molecule has 0 atom stereocenters. The van der Waals surface area contributed by atoms with Gasteiger partial charge in [0.25, 0.3) is 0 Å². The highest BCUT2D eigenvalue weighted by molar-refractivity contribution is 5.85. The minimum Gasteiger partial charge on any atom is -0.384 e. The van der Waals surface area contributed by atoms with E-state index in [0.717, 1.165) is 24.5 Å². The smallest absolute Gasteiger partial charge is 0.121 e. The molecule has 2 heterocycles. The SMILES string of the molecule is CCn1nc(C(C)(C)c2cc(N)n(CC)n2)cc1N.Cl.Cl. The molecule has 0 aliphatic rings. The van der Waals surface area contributed by atoms with Crippen LogP contribution in [-0.4, -0.2) is 19.6 Å². The van der Waals surface area contributed by atoms with Gasteiger partial charge in [0.15, 0.2) is 0 Å². The van der Waals surface area contributed by atoms with Crippen LogP contribution in [0.15, 0.2) is 12.1 Å². The first-order valence-corrected chi connectivity index (χ1v) is 6.57. The second-order valence-corrected chi connectivity index (χ2v) is 5.17. The molecule has 0 saturated carbocycles. The average molecular weight is 335 g/mol. The number of nitrogens with zero attached hydrogens (tertiary/aromatic N) is 4. The Balaban J connectivity index is 0.00000200. The zero-order valence-electron chi connectivity index (χ0n) is 12.8. The monoisotopic (exact) mass is 334 g/mol. The predicted molar refractivity (Wildman–Crippen MR) is 91.3 cm³/mol. The third-order valence-corrected chi connectivity index (χ3v) is 3.50. The number of halogens is 2. The van der Waals surface area contributed by atoms with Crippen molar-refractivity contribution >= 4 is 36.4 Å². The first-order valence-electron chi connectivity index (χ1n) is 6.57. The van der Waals surface area contributed by atoms with E-state index in [2.05, 4.69) is 24.0 Å². The standard InChI is InChI=1S/C13H22N6.2ClH/c1-5-18-11(14)7-9(16-18)13(3,4)10-8-12(15)19(6-2)17-10;;/h7-8H,5-6,14-15H2,1-4H3;2*1H. The van der Waals surface area contributed by atoms with Gasteiger partial charge in [-0.25, -0.2) is 0 Å². The van der Waals surface area contributed by atoms with Crippen LogP contribution in [0.25, 0.3) is 0 Å². The molecule has 8 heteroatoms. The summed E-state index contributed by atoms with van der Waals surface area (Å²) >= 11 is 0. The maximum Gasteiger partial charge on any atom is 0.121 e. The second kappa shape index (κ2) is 7.04. The van der Waals surface area contributed by atoms with Gasteiger partial charge in [0.05, 0.1) is 16.8 Å². The zero-order valence-corrected chi connectivity index (χ0v) is 14.5. The third-order valence-electron chi connectivity index (χ3n) is 3.50. The Kier molecular flexibility index (Phi) is 6.57. The van der Waals surface area contributed by atoms with E-state index in [1.165, 1.54) is 0 Å². The van der Waals surface area contributed by atoms with E-state index in [1.807, 2.05) is 26.0 Å². The Bertz CT molecular complexity index is 537. The Labute approximate surface area is 137 Å². The minimum absolute atomic E-state index is 0. The molecule has 120 valence electrons. The largest absolute Gasteiger partial charge is 0.384 e. The fourth-order valence-electron chi connectivity index (χ4n) is 2.11. The molecule has 21 heavy (non-hydrogen) atoms. The van der Waals surface area contributed by atoms with E-state index in [4.69, 9.17) is 11.5 Å². The number of aryl methyl sites for hydroxylation is 2. The molecular formula is C13H24Cl2N6. The van der Waals surface area contributed by atoms with Gasteiger partial charge in [-0.3, -0.25) is 9.36 Å². The molecule has 0 spiro atoms. The zero-order chi connectivity index (χ0) is 14.2. The van der Waals surface area contributed by atoms with Crippen LogP contribution in [0.4, 0.5) is 11.6 Å². The molecule has 0 saturated heterocycles. The van der Waals surface area contributed by atoms with Crippen LogP contribution in [-0.2, 0) is 18.5 Å². The molecule has 0 aromatic carbocycles. The van der Waals surface area contributed by atoms with E-state index < -0.39 is 0 Å². The van der Waals surface area contributed by atoms with Crippen molar-refractivity contribution < 1.29 is 0 Å². The van der Waals surface area contributed by atoms with Crippen molar-refractivity contribution in [2.45, 2.75) is 46.2 Å². The summed E-state index contributed by atoms with van der Waals surface area (Å²) in [5, 5.41) is 9.09. The molecule has 0 bridgehead atoms. The molecule has 2 aromatic heterocycles. The lowest BCUT2D eigenvalue weighted by molar-refractivity contribution is 0.543. The van der Waals surface area contributed by atoms with Gasteiger partial charge in [-0.15, -0.1) is 24.8 Å². The Morgan fingerprint density at radius 1 is 0.905 bits per heavy atom. The van der Waals surface area contributed by atoms with E-state index in [1.54, 1.807) is 9.36 Å². The van der Waals surface area contributed by atoms with Crippen LogP contribution in [0.5, 0.6) is 0 Å². The number of hydrogen-bond acceptors (Lipinski definition) is 4. The number of nitrogen functional groups attached to an aromatic ring is 2. The molecule has 0 aliphatic heterocycles. The molecule has 0 aliphatic carbocycles. The molecule has 0 fully saturated rings. The predicted octanol–water partition coefficient (Wildman–Crippen LogP) is 2.45. The quantitative estimate of drug-likeness (QED) is 0.898. The van der Waals surface area contributed by atoms with Crippen molar-refractivity contribution in [3.8, 4) is 0 Å². The molecule has 4 N–H and O–H groups in total. The van der Waals surface area contributed by atoms with Gasteiger partial charge in [-0.1, -0.05) is 0 Å². The number of hydrogen-bond donors (Lipinski definition) is 2. The lowest BCUT2D eigenvalue weighted by Crippen LogP contribution is -2.21. The molecule has 2 aromatic rings. The number of anilines is 2. The highest BCUT2D eigenvalue weighted by atomic mass is 35.5. The topological polar surface area (TPSA) is 87.7 Å². The Morgan fingerprint density at radius 3 is 1.48 bits per heavy atom. The summed E-state index contributed by atoms with van der Waals surface area (Å²) in [5.41, 5.74) is 13.4. The summed E-state index contributed by atoms with van der Waals surface area (Å²) in [6.45, 7) is 9.71. The van der Waals surface area contributed by atoms with E-state index >= 15 is 0 Å². The molecular weight excluding hydrogens is 311 g/mol. The van der Waals surface area contributed by atoms with Gasteiger partial charge >= 0.3 is 0 Å². The molecule has 0 radical (unpaired) electrons. The van der Waals surface area contributed by atoms with Crippen LogP contribution < -0.4 is 11.5 Å². The molecule has 2 rings (SSSR count). The van der Waals surface area contributed by atoms with E-state index in [9.17, 15) is 0 Å². The molecule has 0 unspecified atom stereocenters. The number of nitrogens with two attached hydrogens (primary N) is 2. The van der Waals surface area contributed by atoms with Gasteiger partial charge < -0.3 is 11.5 Å². The molecule has 0 amide bonds. The van der Waals surface area contributed by atoms with E-state index in [0.29, 0.717) is 11.6 Å². The van der Waals surface area contributed by atoms with Crippen molar-refractivity contribution in [3.63, 3.8) is 0 Å². The highest BCUT2D eigenvalue weighted by Crippen LogP contribution is 2.31. The lowest BCUT2D eigenvalue weighted by atomic mass is 9.86. The fourth-order valence-corrected chi connectivity index (χ4v) is 2.11. The summed E-state index contributed by atoms with van der Waals surface area (Å²) in [7, 11) is 0. The summed E-state index contributed by atoms with van der Waals surface area (Å²) in [5.74, 6) is 1.35. The van der Waals surface area contributed by atoms with Crippen molar-refractivity contribution in [2.24, 2.45) is 0 Å². The van der Waals surface area contributed by atoms with Crippen molar-refractivity contribution in [1.29, 1.82) is 0 Å². The number of aromatic nitrogens is 4. The number of rotatable bonds is 4. The Hall–Kier alpha value is -1.40.